The summed E-state index contributed by atoms with van der Waals surface area (Å²) in [7, 11) is 0. The van der Waals surface area contributed by atoms with Gasteiger partial charge in [0.1, 0.15) is 0 Å². The van der Waals surface area contributed by atoms with E-state index < -0.39 is 0 Å². The Labute approximate surface area is 72.8 Å². The van der Waals surface area contributed by atoms with E-state index in [1.54, 1.807) is 0 Å². The van der Waals surface area contributed by atoms with Gasteiger partial charge in [0.25, 0.3) is 0 Å². The average molecular weight is 159 g/mol. The molecule has 1 heterocycles. The third kappa shape index (κ3) is 2.06. The second kappa shape index (κ2) is 4.50. The number of rotatable bonds is 1. The van der Waals surface area contributed by atoms with Crippen LogP contribution in [0.2, 0.25) is 0 Å². The summed E-state index contributed by atoms with van der Waals surface area (Å²) in [6.45, 7) is 4.00. The van der Waals surface area contributed by atoms with Crippen molar-refractivity contribution in [2.24, 2.45) is 0 Å². The first kappa shape index (κ1) is 8.72. The van der Waals surface area contributed by atoms with Gasteiger partial charge in [0.05, 0.1) is 5.35 Å². The lowest BCUT2D eigenvalue weighted by atomic mass is 10.3. The molecule has 0 amide bonds. The zero-order chi connectivity index (χ0) is 8.81. The van der Waals surface area contributed by atoms with Crippen molar-refractivity contribution < 1.29 is 0 Å². The molecule has 1 heteroatoms. The van der Waals surface area contributed by atoms with Crippen LogP contribution in [-0.4, -0.2) is 4.98 Å². The SMILES string of the molecule is C/C=C/C=c1/cccn/c1=C/C. The van der Waals surface area contributed by atoms with E-state index in [0.717, 1.165) is 10.6 Å². The lowest BCUT2D eigenvalue weighted by Crippen LogP contribution is -2.26. The van der Waals surface area contributed by atoms with Crippen LogP contribution in [0.4, 0.5) is 0 Å². The number of aromatic nitrogens is 1. The molecule has 0 fully saturated rings. The minimum absolute atomic E-state index is 1.04. The second-order valence-electron chi connectivity index (χ2n) is 2.46. The van der Waals surface area contributed by atoms with Crippen molar-refractivity contribution >= 4 is 12.2 Å². The zero-order valence-electron chi connectivity index (χ0n) is 7.49. The van der Waals surface area contributed by atoms with Crippen LogP contribution in [-0.2, 0) is 0 Å². The van der Waals surface area contributed by atoms with Crippen LogP contribution < -0.4 is 10.6 Å². The van der Waals surface area contributed by atoms with Crippen LogP contribution in [0.25, 0.3) is 12.2 Å². The van der Waals surface area contributed by atoms with Gasteiger partial charge in [0, 0.05) is 6.20 Å². The van der Waals surface area contributed by atoms with Crippen molar-refractivity contribution in [2.45, 2.75) is 13.8 Å². The molecule has 0 bridgehead atoms. The second-order valence-corrected chi connectivity index (χ2v) is 2.46. The monoisotopic (exact) mass is 159 g/mol. The Morgan fingerprint density at radius 1 is 1.33 bits per heavy atom. The summed E-state index contributed by atoms with van der Waals surface area (Å²) >= 11 is 0. The zero-order valence-corrected chi connectivity index (χ0v) is 7.49. The molecule has 0 atom stereocenters. The van der Waals surface area contributed by atoms with Crippen LogP contribution >= 0.6 is 0 Å². The lowest BCUT2D eigenvalue weighted by molar-refractivity contribution is 1.22. The van der Waals surface area contributed by atoms with Crippen LogP contribution in [0, 0.1) is 0 Å². The van der Waals surface area contributed by atoms with E-state index in [-0.39, 0.29) is 0 Å². The highest BCUT2D eigenvalue weighted by Gasteiger charge is 1.79. The first-order valence-corrected chi connectivity index (χ1v) is 4.09. The highest BCUT2D eigenvalue weighted by Crippen LogP contribution is 1.72. The van der Waals surface area contributed by atoms with Crippen molar-refractivity contribution in [3.63, 3.8) is 0 Å². The molecule has 0 aliphatic carbocycles. The summed E-state index contributed by atoms with van der Waals surface area (Å²) in [4.78, 5) is 4.23. The predicted molar refractivity (Wildman–Crippen MR) is 52.9 cm³/mol. The molecule has 12 heavy (non-hydrogen) atoms. The summed E-state index contributed by atoms with van der Waals surface area (Å²) in [6.07, 6.45) is 9.90. The smallest absolute Gasteiger partial charge is 0.0659 e. The van der Waals surface area contributed by atoms with Gasteiger partial charge in [0.2, 0.25) is 0 Å². The fourth-order valence-corrected chi connectivity index (χ4v) is 1.01. The topological polar surface area (TPSA) is 12.9 Å². The molecule has 0 radical (unpaired) electrons. The van der Waals surface area contributed by atoms with Gasteiger partial charge in [-0.1, -0.05) is 30.4 Å². The molecule has 62 valence electrons. The third-order valence-corrected chi connectivity index (χ3v) is 1.61. The highest BCUT2D eigenvalue weighted by atomic mass is 14.6. The fourth-order valence-electron chi connectivity index (χ4n) is 1.01. The first-order valence-electron chi connectivity index (χ1n) is 4.09. The highest BCUT2D eigenvalue weighted by molar-refractivity contribution is 5.37. The first-order chi connectivity index (χ1) is 5.88. The Morgan fingerprint density at radius 3 is 2.83 bits per heavy atom. The van der Waals surface area contributed by atoms with Gasteiger partial charge in [-0.05, 0) is 25.1 Å². The fraction of sp³-hybridized carbons (Fsp3) is 0.182. The van der Waals surface area contributed by atoms with E-state index >= 15 is 0 Å². The number of pyridine rings is 1. The Balaban J connectivity index is 3.33. The molecular weight excluding hydrogens is 146 g/mol. The summed E-state index contributed by atoms with van der Waals surface area (Å²) in [5.74, 6) is 0. The maximum atomic E-state index is 4.23. The molecule has 0 saturated heterocycles. The minimum atomic E-state index is 1.04. The summed E-state index contributed by atoms with van der Waals surface area (Å²) in [5, 5.41) is 2.20. The van der Waals surface area contributed by atoms with Crippen molar-refractivity contribution in [1.29, 1.82) is 0 Å². The van der Waals surface area contributed by atoms with E-state index in [1.165, 1.54) is 0 Å². The quantitative estimate of drug-likeness (QED) is 0.600. The van der Waals surface area contributed by atoms with E-state index in [9.17, 15) is 0 Å². The van der Waals surface area contributed by atoms with E-state index in [1.807, 2.05) is 44.3 Å². The molecule has 0 aliphatic heterocycles. The molecule has 1 aromatic heterocycles. The Kier molecular flexibility index (Phi) is 3.27. The molecule has 0 saturated carbocycles. The summed E-state index contributed by atoms with van der Waals surface area (Å²) in [6, 6.07) is 4.00. The molecule has 1 nitrogen and oxygen atoms in total. The molecule has 0 spiro atoms. The molecule has 0 N–H and O–H groups in total. The van der Waals surface area contributed by atoms with Crippen molar-refractivity contribution in [2.75, 3.05) is 0 Å². The number of allylic oxidation sites excluding steroid dienone is 2. The molecule has 0 unspecified atom stereocenters. The predicted octanol–water partition coefficient (Wildman–Crippen LogP) is 1.24. The maximum absolute atomic E-state index is 4.23. The van der Waals surface area contributed by atoms with Gasteiger partial charge in [-0.3, -0.25) is 4.98 Å². The normalized spacial score (nSPS) is 14.5. The number of hydrogen-bond donors (Lipinski definition) is 0. The van der Waals surface area contributed by atoms with E-state index in [2.05, 4.69) is 17.1 Å². The van der Waals surface area contributed by atoms with Gasteiger partial charge in [0.15, 0.2) is 0 Å². The summed E-state index contributed by atoms with van der Waals surface area (Å²) in [5.41, 5.74) is 0. The van der Waals surface area contributed by atoms with E-state index in [4.69, 9.17) is 0 Å². The largest absolute Gasteiger partial charge is 0.257 e. The number of nitrogens with zero attached hydrogens (tertiary/aromatic N) is 1. The Morgan fingerprint density at radius 2 is 2.17 bits per heavy atom. The molecular formula is C11H13N. The van der Waals surface area contributed by atoms with Gasteiger partial charge >= 0.3 is 0 Å². The van der Waals surface area contributed by atoms with Crippen LogP contribution in [0.5, 0.6) is 0 Å². The lowest BCUT2D eigenvalue weighted by Gasteiger charge is -1.85. The standard InChI is InChI=1S/C11H13N/c1-3-5-7-10-8-6-9-12-11(10)4-2/h3-9H,1-2H3/b5-3+,10-7-,11-4+. The van der Waals surface area contributed by atoms with Crippen LogP contribution in [0.3, 0.4) is 0 Å². The summed E-state index contributed by atoms with van der Waals surface area (Å²) < 4.78 is 0. The van der Waals surface area contributed by atoms with Gasteiger partial charge in [-0.2, -0.15) is 0 Å². The third-order valence-electron chi connectivity index (χ3n) is 1.61. The van der Waals surface area contributed by atoms with E-state index in [0.29, 0.717) is 0 Å². The molecule has 0 aliphatic rings. The molecule has 1 rings (SSSR count). The Hall–Kier alpha value is -1.37. The van der Waals surface area contributed by atoms with Crippen molar-refractivity contribution in [3.05, 3.63) is 41.0 Å². The van der Waals surface area contributed by atoms with Gasteiger partial charge in [-0.15, -0.1) is 0 Å². The molecule has 0 aromatic carbocycles. The van der Waals surface area contributed by atoms with Gasteiger partial charge < -0.3 is 0 Å². The van der Waals surface area contributed by atoms with Crippen molar-refractivity contribution in [1.82, 2.24) is 4.98 Å². The van der Waals surface area contributed by atoms with Crippen molar-refractivity contribution in [3.8, 4) is 0 Å². The number of hydrogen-bond acceptors (Lipinski definition) is 1. The minimum Gasteiger partial charge on any atom is -0.257 e. The van der Waals surface area contributed by atoms with Crippen LogP contribution in [0.1, 0.15) is 13.8 Å². The van der Waals surface area contributed by atoms with Gasteiger partial charge in [-0.25, -0.2) is 0 Å². The average Bonchev–Trinajstić information content (AvgIpc) is 2.15. The van der Waals surface area contributed by atoms with Crippen LogP contribution in [0.15, 0.2) is 30.5 Å². The Bertz CT molecular complexity index is 374. The molecule has 1 aromatic rings. The maximum Gasteiger partial charge on any atom is 0.0659 e.